The minimum Gasteiger partial charge on any atom is -0.406 e. The Morgan fingerprint density at radius 1 is 1.20 bits per heavy atom. The highest BCUT2D eigenvalue weighted by molar-refractivity contribution is 5.68. The number of aliphatic hydroxyl groups excluding tert-OH is 3. The van der Waals surface area contributed by atoms with Gasteiger partial charge in [-0.3, -0.25) is 20.1 Å². The Morgan fingerprint density at radius 2 is 1.93 bits per heavy atom. The molecule has 1 aliphatic rings. The Kier molecular flexibility index (Phi) is 5.17. The average molecular weight is 418 g/mol. The zero-order chi connectivity index (χ0) is 21.4. The zero-order valence-electron chi connectivity index (χ0n) is 15.4. The molecule has 13 nitrogen and oxygen atoms in total. The molecule has 2 aromatic heterocycles. The number of aromatic nitrogens is 4. The summed E-state index contributed by atoms with van der Waals surface area (Å²) in [6.45, 7) is -0.424. The fourth-order valence-corrected chi connectivity index (χ4v) is 3.17. The summed E-state index contributed by atoms with van der Waals surface area (Å²) < 4.78 is 7.94. The summed E-state index contributed by atoms with van der Waals surface area (Å²) in [5.41, 5.74) is 0.895. The van der Waals surface area contributed by atoms with E-state index in [0.717, 1.165) is 4.73 Å². The highest BCUT2D eigenvalue weighted by atomic mass is 16.7. The lowest BCUT2D eigenvalue weighted by Gasteiger charge is -2.16. The van der Waals surface area contributed by atoms with E-state index in [9.17, 15) is 25.4 Å². The number of nitro benzene ring substituents is 1. The van der Waals surface area contributed by atoms with Crippen molar-refractivity contribution in [2.75, 3.05) is 6.61 Å². The molecular weight excluding hydrogens is 400 g/mol. The van der Waals surface area contributed by atoms with Crippen LogP contribution >= 0.6 is 0 Å². The highest BCUT2D eigenvalue weighted by Gasteiger charge is 2.44. The quantitative estimate of drug-likeness (QED) is 0.284. The van der Waals surface area contributed by atoms with E-state index in [0.29, 0.717) is 5.56 Å². The lowest BCUT2D eigenvalue weighted by Crippen LogP contribution is -2.33. The van der Waals surface area contributed by atoms with Crippen molar-refractivity contribution in [2.45, 2.75) is 31.1 Å². The number of benzene rings is 1. The Labute approximate surface area is 168 Å². The maximum atomic E-state index is 10.7. The summed E-state index contributed by atoms with van der Waals surface area (Å²) >= 11 is 0. The lowest BCUT2D eigenvalue weighted by molar-refractivity contribution is -0.384. The van der Waals surface area contributed by atoms with Gasteiger partial charge in [0.25, 0.3) is 5.69 Å². The van der Waals surface area contributed by atoms with Crippen LogP contribution in [0.5, 0.6) is 0 Å². The maximum Gasteiger partial charge on any atom is 0.269 e. The van der Waals surface area contributed by atoms with Gasteiger partial charge in [0.05, 0.1) is 17.9 Å². The molecule has 1 aromatic carbocycles. The van der Waals surface area contributed by atoms with E-state index in [1.807, 2.05) is 0 Å². The predicted molar refractivity (Wildman–Crippen MR) is 97.8 cm³/mol. The van der Waals surface area contributed by atoms with Crippen LogP contribution in [0.3, 0.4) is 0 Å². The number of nitrogens with one attached hydrogen (secondary N) is 1. The first-order chi connectivity index (χ1) is 14.4. The lowest BCUT2D eigenvalue weighted by atomic mass is 10.1. The number of hydrogen-bond acceptors (Lipinski definition) is 10. The van der Waals surface area contributed by atoms with Crippen molar-refractivity contribution in [3.8, 4) is 0 Å². The first-order valence-electron chi connectivity index (χ1n) is 8.88. The largest absolute Gasteiger partial charge is 0.406 e. The second kappa shape index (κ2) is 7.79. The number of ether oxygens (including phenoxy) is 1. The fourth-order valence-electron chi connectivity index (χ4n) is 3.17. The van der Waals surface area contributed by atoms with Gasteiger partial charge in [0.2, 0.25) is 0 Å². The number of nitro groups is 1. The molecule has 30 heavy (non-hydrogen) atoms. The van der Waals surface area contributed by atoms with Crippen molar-refractivity contribution < 1.29 is 29.8 Å². The smallest absolute Gasteiger partial charge is 0.269 e. The van der Waals surface area contributed by atoms with E-state index in [1.165, 1.54) is 29.4 Å². The molecule has 4 N–H and O–H groups in total. The molecule has 1 aliphatic heterocycles. The summed E-state index contributed by atoms with van der Waals surface area (Å²) in [4.78, 5) is 24.1. The minimum atomic E-state index is -1.30. The van der Waals surface area contributed by atoms with Gasteiger partial charge in [0.15, 0.2) is 22.9 Å². The van der Waals surface area contributed by atoms with Gasteiger partial charge in [-0.1, -0.05) is 0 Å². The van der Waals surface area contributed by atoms with Gasteiger partial charge < -0.3 is 24.9 Å². The Hall–Kier alpha value is -3.39. The molecule has 3 aromatic rings. The number of hydrogen-bond donors (Lipinski definition) is 4. The van der Waals surface area contributed by atoms with Crippen LogP contribution in [0.25, 0.3) is 11.2 Å². The monoisotopic (exact) mass is 418 g/mol. The van der Waals surface area contributed by atoms with Gasteiger partial charge in [0.1, 0.15) is 31.2 Å². The molecule has 4 atom stereocenters. The fraction of sp³-hybridized carbons (Fsp3) is 0.353. The minimum absolute atomic E-state index is 0.0360. The number of aliphatic hydroxyl groups is 3. The molecule has 0 aliphatic carbocycles. The number of rotatable bonds is 6. The summed E-state index contributed by atoms with van der Waals surface area (Å²) in [5.74, 6) is 0. The van der Waals surface area contributed by atoms with E-state index in [2.05, 4.69) is 9.97 Å². The van der Waals surface area contributed by atoms with Gasteiger partial charge in [-0.2, -0.15) is 4.73 Å². The number of nitrogens with zero attached hydrogens (tertiary/aromatic N) is 5. The summed E-state index contributed by atoms with van der Waals surface area (Å²) in [6, 6.07) is 5.81. The van der Waals surface area contributed by atoms with Crippen LogP contribution in [0.1, 0.15) is 11.8 Å². The van der Waals surface area contributed by atoms with Crippen LogP contribution < -0.4 is 10.3 Å². The molecule has 0 amide bonds. The first kappa shape index (κ1) is 19.9. The van der Waals surface area contributed by atoms with Crippen molar-refractivity contribution in [2.24, 2.45) is 0 Å². The van der Waals surface area contributed by atoms with Crippen molar-refractivity contribution in [1.82, 2.24) is 19.3 Å². The molecule has 0 radical (unpaired) electrons. The molecule has 0 saturated carbocycles. The van der Waals surface area contributed by atoms with Gasteiger partial charge >= 0.3 is 0 Å². The second-order valence-electron chi connectivity index (χ2n) is 6.67. The normalized spacial score (nSPS) is 23.7. The molecule has 158 valence electrons. The molecule has 13 heteroatoms. The van der Waals surface area contributed by atoms with Crippen LogP contribution in [0.2, 0.25) is 0 Å². The summed E-state index contributed by atoms with van der Waals surface area (Å²) in [6.07, 6.45) is -1.98. The van der Waals surface area contributed by atoms with Crippen molar-refractivity contribution >= 4 is 16.9 Å². The van der Waals surface area contributed by atoms with Crippen molar-refractivity contribution in [3.05, 3.63) is 58.1 Å². The third kappa shape index (κ3) is 3.39. The molecular formula is C17H18N6O7. The van der Waals surface area contributed by atoms with Gasteiger partial charge in [-0.05, 0) is 17.7 Å². The van der Waals surface area contributed by atoms with Crippen LogP contribution in [-0.4, -0.2) is 64.4 Å². The molecule has 0 bridgehead atoms. The number of imidazole rings is 1. The van der Waals surface area contributed by atoms with Crippen LogP contribution in [-0.2, 0) is 11.3 Å². The molecule has 1 saturated heterocycles. The van der Waals surface area contributed by atoms with Crippen LogP contribution in [0.4, 0.5) is 5.69 Å². The van der Waals surface area contributed by atoms with E-state index in [4.69, 9.17) is 15.0 Å². The zero-order valence-corrected chi connectivity index (χ0v) is 15.4. The van der Waals surface area contributed by atoms with Gasteiger partial charge in [0, 0.05) is 12.1 Å². The van der Waals surface area contributed by atoms with E-state index >= 15 is 0 Å². The van der Waals surface area contributed by atoms with Crippen LogP contribution in [0.15, 0.2) is 36.9 Å². The predicted octanol–water partition coefficient (Wildman–Crippen LogP) is -1.14. The molecule has 4 rings (SSSR count). The van der Waals surface area contributed by atoms with E-state index in [-0.39, 0.29) is 28.9 Å². The Morgan fingerprint density at radius 3 is 2.57 bits per heavy atom. The van der Waals surface area contributed by atoms with Crippen molar-refractivity contribution in [1.29, 1.82) is 5.41 Å². The average Bonchev–Trinajstić information content (AvgIpc) is 3.29. The first-order valence-corrected chi connectivity index (χ1v) is 8.88. The Bertz CT molecular complexity index is 1130. The van der Waals surface area contributed by atoms with Crippen molar-refractivity contribution in [3.63, 3.8) is 0 Å². The standard InChI is InChI=1S/C17H18N6O7/c18-15-12-16(21(7-19-12)17-14(26)13(25)11(5-24)30-17)20-8-22(15)29-6-9-1-3-10(4-2-9)23(27)28/h1-4,7-8,11,13-14,17-18,24-26H,5-6H2/t11-,13-,14-,17-/m1/s1. The molecule has 0 unspecified atom stereocenters. The SMILES string of the molecule is N=c1c2ncn([C@@H]3O[C@H](CO)[C@@H](O)[C@H]3O)c2ncn1OCc1ccc([N+](=O)[O-])cc1. The third-order valence-corrected chi connectivity index (χ3v) is 4.81. The molecule has 0 spiro atoms. The number of non-ortho nitro benzene ring substituents is 1. The van der Waals surface area contributed by atoms with E-state index < -0.39 is 36.1 Å². The van der Waals surface area contributed by atoms with Crippen LogP contribution in [0, 0.1) is 15.5 Å². The number of fused-ring (bicyclic) bond motifs is 1. The molecule has 3 heterocycles. The Balaban J connectivity index is 1.55. The summed E-state index contributed by atoms with van der Waals surface area (Å²) in [5, 5.41) is 48.4. The second-order valence-corrected chi connectivity index (χ2v) is 6.67. The molecule has 1 fully saturated rings. The van der Waals surface area contributed by atoms with E-state index in [1.54, 1.807) is 12.1 Å². The summed E-state index contributed by atoms with van der Waals surface area (Å²) in [7, 11) is 0. The third-order valence-electron chi connectivity index (χ3n) is 4.81. The maximum absolute atomic E-state index is 10.7. The van der Waals surface area contributed by atoms with Gasteiger partial charge in [-0.25, -0.2) is 9.97 Å². The topological polar surface area (TPSA) is 182 Å². The van der Waals surface area contributed by atoms with Gasteiger partial charge in [-0.15, -0.1) is 0 Å². The highest BCUT2D eigenvalue weighted by Crippen LogP contribution is 2.30.